The highest BCUT2D eigenvalue weighted by atomic mass is 35.5. The Hall–Kier alpha value is -3.25. The molecule has 0 saturated carbocycles. The molecule has 0 bridgehead atoms. The Morgan fingerprint density at radius 2 is 1.71 bits per heavy atom. The predicted molar refractivity (Wildman–Crippen MR) is 133 cm³/mol. The summed E-state index contributed by atoms with van der Waals surface area (Å²) in [5.74, 6) is 0.479. The topological polar surface area (TPSA) is 75.2 Å². The smallest absolute Gasteiger partial charge is 0.255 e. The zero-order valence-corrected chi connectivity index (χ0v) is 20.5. The van der Waals surface area contributed by atoms with E-state index >= 15 is 0 Å². The molecule has 7 heteroatoms. The molecule has 4 rings (SSSR count). The van der Waals surface area contributed by atoms with Crippen LogP contribution in [0.5, 0.6) is 0 Å². The molecule has 0 aliphatic carbocycles. The van der Waals surface area contributed by atoms with Crippen molar-refractivity contribution in [3.8, 4) is 0 Å². The Labute approximate surface area is 205 Å². The fourth-order valence-electron chi connectivity index (χ4n) is 4.58. The Bertz CT molecular complexity index is 1200. The molecule has 176 valence electrons. The van der Waals surface area contributed by atoms with E-state index < -0.39 is 0 Å². The molecule has 34 heavy (non-hydrogen) atoms. The molecule has 1 fully saturated rings. The van der Waals surface area contributed by atoms with Gasteiger partial charge in [0.05, 0.1) is 21.8 Å². The maximum atomic E-state index is 13.1. The number of benzene rings is 2. The largest absolute Gasteiger partial charge is 0.348 e. The highest BCUT2D eigenvalue weighted by Crippen LogP contribution is 2.30. The van der Waals surface area contributed by atoms with E-state index in [1.54, 1.807) is 18.3 Å². The molecule has 1 aromatic heterocycles. The lowest BCUT2D eigenvalue weighted by Crippen LogP contribution is -2.38. The van der Waals surface area contributed by atoms with Crippen molar-refractivity contribution in [2.75, 3.05) is 13.1 Å². The minimum atomic E-state index is -0.177. The van der Waals surface area contributed by atoms with Gasteiger partial charge in [-0.1, -0.05) is 53.1 Å². The van der Waals surface area contributed by atoms with Gasteiger partial charge in [-0.15, -0.1) is 0 Å². The first-order valence-corrected chi connectivity index (χ1v) is 11.9. The number of aryl methyl sites for hydroxylation is 3. The number of nitrogens with one attached hydrogen (secondary N) is 1. The Morgan fingerprint density at radius 1 is 1.03 bits per heavy atom. The highest BCUT2D eigenvalue weighted by Gasteiger charge is 2.29. The summed E-state index contributed by atoms with van der Waals surface area (Å²) in [6.07, 6.45) is 3.07. The molecule has 2 heterocycles. The second-order valence-electron chi connectivity index (χ2n) is 8.94. The second kappa shape index (κ2) is 10.3. The Kier molecular flexibility index (Phi) is 7.27. The fourth-order valence-corrected chi connectivity index (χ4v) is 4.80. The molecule has 1 N–H and O–H groups in total. The number of hydrogen-bond acceptors (Lipinski definition) is 4. The Balaban J connectivity index is 1.45. The van der Waals surface area contributed by atoms with Crippen molar-refractivity contribution < 1.29 is 9.59 Å². The van der Waals surface area contributed by atoms with Gasteiger partial charge in [0, 0.05) is 31.7 Å². The molecular formula is C27H29ClN4O2. The van der Waals surface area contributed by atoms with Gasteiger partial charge in [0.1, 0.15) is 5.82 Å². The van der Waals surface area contributed by atoms with Crippen LogP contribution in [0.4, 0.5) is 0 Å². The molecule has 1 saturated heterocycles. The summed E-state index contributed by atoms with van der Waals surface area (Å²) in [5.41, 5.74) is 5.18. The van der Waals surface area contributed by atoms with Crippen LogP contribution in [0.2, 0.25) is 5.02 Å². The van der Waals surface area contributed by atoms with Crippen LogP contribution < -0.4 is 5.32 Å². The summed E-state index contributed by atoms with van der Waals surface area (Å²) in [7, 11) is 0. The van der Waals surface area contributed by atoms with Crippen LogP contribution in [-0.4, -0.2) is 39.8 Å². The Morgan fingerprint density at radius 3 is 2.38 bits per heavy atom. The first-order valence-electron chi connectivity index (χ1n) is 11.5. The molecule has 1 aliphatic rings. The quantitative estimate of drug-likeness (QED) is 0.562. The van der Waals surface area contributed by atoms with Crippen LogP contribution in [0.1, 0.15) is 67.7 Å². The van der Waals surface area contributed by atoms with Crippen molar-refractivity contribution in [2.45, 2.75) is 46.1 Å². The minimum absolute atomic E-state index is 0.0608. The van der Waals surface area contributed by atoms with E-state index in [2.05, 4.69) is 33.5 Å². The van der Waals surface area contributed by atoms with Crippen molar-refractivity contribution in [2.24, 2.45) is 0 Å². The zero-order chi connectivity index (χ0) is 24.2. The monoisotopic (exact) mass is 476 g/mol. The molecule has 0 atom stereocenters. The third-order valence-corrected chi connectivity index (χ3v) is 6.52. The summed E-state index contributed by atoms with van der Waals surface area (Å²) in [6, 6.07) is 13.4. The molecule has 6 nitrogen and oxygen atoms in total. The average molecular weight is 477 g/mol. The van der Waals surface area contributed by atoms with Gasteiger partial charge >= 0.3 is 0 Å². The van der Waals surface area contributed by atoms with Gasteiger partial charge in [-0.05, 0) is 51.3 Å². The summed E-state index contributed by atoms with van der Waals surface area (Å²) in [5, 5.41) is 3.49. The van der Waals surface area contributed by atoms with Crippen LogP contribution in [0, 0.1) is 20.8 Å². The van der Waals surface area contributed by atoms with Crippen molar-refractivity contribution >= 4 is 23.4 Å². The molecule has 1 aliphatic heterocycles. The molecular weight excluding hydrogens is 448 g/mol. The summed E-state index contributed by atoms with van der Waals surface area (Å²) in [4.78, 5) is 36.8. The number of amides is 2. The third kappa shape index (κ3) is 5.45. The van der Waals surface area contributed by atoms with Crippen molar-refractivity contribution in [1.82, 2.24) is 20.2 Å². The second-order valence-corrected chi connectivity index (χ2v) is 9.35. The van der Waals surface area contributed by atoms with Crippen molar-refractivity contribution in [3.63, 3.8) is 0 Å². The predicted octanol–water partition coefficient (Wildman–Crippen LogP) is 5.01. The van der Waals surface area contributed by atoms with E-state index in [1.807, 2.05) is 37.8 Å². The van der Waals surface area contributed by atoms with Crippen LogP contribution in [0.15, 0.2) is 48.7 Å². The van der Waals surface area contributed by atoms with Gasteiger partial charge in [-0.2, -0.15) is 0 Å². The van der Waals surface area contributed by atoms with Gasteiger partial charge in [-0.3, -0.25) is 9.59 Å². The molecule has 3 aromatic rings. The van der Waals surface area contributed by atoms with E-state index in [0.29, 0.717) is 41.6 Å². The van der Waals surface area contributed by atoms with Crippen LogP contribution in [-0.2, 0) is 6.54 Å². The number of nitrogens with zero attached hydrogens (tertiary/aromatic N) is 3. The highest BCUT2D eigenvalue weighted by molar-refractivity contribution is 6.33. The molecule has 0 spiro atoms. The number of aromatic nitrogens is 2. The van der Waals surface area contributed by atoms with E-state index in [9.17, 15) is 9.59 Å². The fraction of sp³-hybridized carbons (Fsp3) is 0.333. The maximum Gasteiger partial charge on any atom is 0.255 e. The van der Waals surface area contributed by atoms with Crippen molar-refractivity contribution in [1.29, 1.82) is 0 Å². The lowest BCUT2D eigenvalue weighted by atomic mass is 9.90. The minimum Gasteiger partial charge on any atom is -0.348 e. The van der Waals surface area contributed by atoms with E-state index in [0.717, 1.165) is 24.1 Å². The lowest BCUT2D eigenvalue weighted by molar-refractivity contribution is 0.0710. The van der Waals surface area contributed by atoms with Gasteiger partial charge in [0.25, 0.3) is 11.8 Å². The number of halogens is 1. The number of carbonyl (C=O) groups is 2. The zero-order valence-electron chi connectivity index (χ0n) is 19.8. The number of carbonyl (C=O) groups excluding carboxylic acids is 2. The average Bonchev–Trinajstić information content (AvgIpc) is 2.82. The number of piperidine rings is 1. The van der Waals surface area contributed by atoms with Gasteiger partial charge in [0.15, 0.2) is 0 Å². The molecule has 0 radical (unpaired) electrons. The normalized spacial score (nSPS) is 14.2. The van der Waals surface area contributed by atoms with Gasteiger partial charge < -0.3 is 10.2 Å². The van der Waals surface area contributed by atoms with Crippen LogP contribution in [0.25, 0.3) is 0 Å². The SMILES string of the molecule is Cc1cc(C)cc(CNC(=O)c2cnc(C)nc2C2CCN(C(=O)c3ccccc3Cl)CC2)c1. The van der Waals surface area contributed by atoms with E-state index in [4.69, 9.17) is 11.6 Å². The molecule has 0 unspecified atom stereocenters. The third-order valence-electron chi connectivity index (χ3n) is 6.19. The summed E-state index contributed by atoms with van der Waals surface area (Å²) in [6.45, 7) is 7.54. The van der Waals surface area contributed by atoms with Crippen molar-refractivity contribution in [3.05, 3.63) is 93.0 Å². The number of hydrogen-bond donors (Lipinski definition) is 1. The number of rotatable bonds is 5. The summed E-state index contributed by atoms with van der Waals surface area (Å²) < 4.78 is 0. The van der Waals surface area contributed by atoms with Crippen LogP contribution in [0.3, 0.4) is 0 Å². The first kappa shape index (κ1) is 23.9. The van der Waals surface area contributed by atoms with E-state index in [1.165, 1.54) is 11.1 Å². The van der Waals surface area contributed by atoms with Gasteiger partial charge in [0.2, 0.25) is 0 Å². The van der Waals surface area contributed by atoms with E-state index in [-0.39, 0.29) is 17.7 Å². The lowest BCUT2D eigenvalue weighted by Gasteiger charge is -2.32. The standard InChI is InChI=1S/C27H29ClN4O2/c1-17-12-18(2)14-20(13-17)15-30-26(33)23-16-29-19(3)31-25(23)21-8-10-32(11-9-21)27(34)22-6-4-5-7-24(22)28/h4-7,12-14,16,21H,8-11,15H2,1-3H3,(H,30,33). The van der Waals surface area contributed by atoms with Gasteiger partial charge in [-0.25, -0.2) is 9.97 Å². The maximum absolute atomic E-state index is 13.1. The summed E-state index contributed by atoms with van der Waals surface area (Å²) >= 11 is 6.22. The number of likely N-dealkylation sites (tertiary alicyclic amines) is 1. The van der Waals surface area contributed by atoms with Crippen LogP contribution >= 0.6 is 11.6 Å². The molecule has 2 amide bonds. The first-order chi connectivity index (χ1) is 16.3. The molecule has 2 aromatic carbocycles.